The third-order valence-electron chi connectivity index (χ3n) is 3.06. The van der Waals surface area contributed by atoms with Crippen LogP contribution in [0, 0.1) is 5.92 Å². The van der Waals surface area contributed by atoms with Crippen LogP contribution in [0.4, 0.5) is 0 Å². The van der Waals surface area contributed by atoms with E-state index in [0.29, 0.717) is 0 Å². The third-order valence-corrected chi connectivity index (χ3v) is 3.06. The Labute approximate surface area is 88.2 Å². The zero-order chi connectivity index (χ0) is 10.4. The SMILES string of the molecule is CC(C)CCCOCC1(N)CCCC1. The Morgan fingerprint density at radius 2 is 1.93 bits per heavy atom. The molecule has 0 bridgehead atoms. The molecule has 0 saturated heterocycles. The molecular weight excluding hydrogens is 174 g/mol. The smallest absolute Gasteiger partial charge is 0.0646 e. The van der Waals surface area contributed by atoms with Crippen molar-refractivity contribution in [2.24, 2.45) is 11.7 Å². The first-order valence-electron chi connectivity index (χ1n) is 5.99. The monoisotopic (exact) mass is 199 g/mol. The van der Waals surface area contributed by atoms with Gasteiger partial charge in [0.1, 0.15) is 0 Å². The summed E-state index contributed by atoms with van der Waals surface area (Å²) in [5, 5.41) is 0. The van der Waals surface area contributed by atoms with Crippen molar-refractivity contribution in [3.05, 3.63) is 0 Å². The molecule has 0 atom stereocenters. The van der Waals surface area contributed by atoms with Crippen LogP contribution in [0.5, 0.6) is 0 Å². The summed E-state index contributed by atoms with van der Waals surface area (Å²) < 4.78 is 5.65. The average molecular weight is 199 g/mol. The second-order valence-corrected chi connectivity index (χ2v) is 5.16. The summed E-state index contributed by atoms with van der Waals surface area (Å²) in [6.45, 7) is 6.16. The van der Waals surface area contributed by atoms with E-state index in [2.05, 4.69) is 13.8 Å². The van der Waals surface area contributed by atoms with Crippen molar-refractivity contribution >= 4 is 0 Å². The third kappa shape index (κ3) is 4.43. The predicted octanol–water partition coefficient (Wildman–Crippen LogP) is 2.71. The molecule has 0 unspecified atom stereocenters. The topological polar surface area (TPSA) is 35.2 Å². The van der Waals surface area contributed by atoms with Crippen molar-refractivity contribution in [3.8, 4) is 0 Å². The molecule has 1 aliphatic rings. The summed E-state index contributed by atoms with van der Waals surface area (Å²) in [5.74, 6) is 0.789. The van der Waals surface area contributed by atoms with Gasteiger partial charge in [-0.3, -0.25) is 0 Å². The normalized spacial score (nSPS) is 20.6. The van der Waals surface area contributed by atoms with Crippen LogP contribution in [0.3, 0.4) is 0 Å². The van der Waals surface area contributed by atoms with E-state index < -0.39 is 0 Å². The maximum Gasteiger partial charge on any atom is 0.0646 e. The summed E-state index contributed by atoms with van der Waals surface area (Å²) in [6, 6.07) is 0. The first kappa shape index (κ1) is 12.0. The molecule has 0 aromatic heterocycles. The molecule has 1 aliphatic carbocycles. The van der Waals surface area contributed by atoms with Gasteiger partial charge in [0.05, 0.1) is 6.61 Å². The zero-order valence-electron chi connectivity index (χ0n) is 9.72. The fourth-order valence-electron chi connectivity index (χ4n) is 2.09. The van der Waals surface area contributed by atoms with Gasteiger partial charge in [-0.05, 0) is 31.6 Å². The van der Waals surface area contributed by atoms with Crippen LogP contribution >= 0.6 is 0 Å². The summed E-state index contributed by atoms with van der Waals surface area (Å²) in [7, 11) is 0. The van der Waals surface area contributed by atoms with Crippen LogP contribution in [0.25, 0.3) is 0 Å². The second kappa shape index (κ2) is 5.72. The molecule has 0 aliphatic heterocycles. The standard InChI is InChI=1S/C12H25NO/c1-11(2)6-5-9-14-10-12(13)7-3-4-8-12/h11H,3-10,13H2,1-2H3. The summed E-state index contributed by atoms with van der Waals surface area (Å²) in [5.41, 5.74) is 6.19. The van der Waals surface area contributed by atoms with E-state index in [1.165, 1.54) is 25.7 Å². The van der Waals surface area contributed by atoms with Crippen molar-refractivity contribution in [1.29, 1.82) is 0 Å². The molecule has 1 rings (SSSR count). The highest BCUT2D eigenvalue weighted by Gasteiger charge is 2.29. The Morgan fingerprint density at radius 1 is 1.29 bits per heavy atom. The molecule has 2 nitrogen and oxygen atoms in total. The molecule has 0 heterocycles. The van der Waals surface area contributed by atoms with Gasteiger partial charge in [-0.2, -0.15) is 0 Å². The van der Waals surface area contributed by atoms with Crippen molar-refractivity contribution in [2.45, 2.75) is 57.9 Å². The average Bonchev–Trinajstić information content (AvgIpc) is 2.51. The van der Waals surface area contributed by atoms with Gasteiger partial charge in [0, 0.05) is 12.1 Å². The van der Waals surface area contributed by atoms with Gasteiger partial charge in [-0.25, -0.2) is 0 Å². The Morgan fingerprint density at radius 3 is 2.50 bits per heavy atom. The first-order valence-corrected chi connectivity index (χ1v) is 5.99. The van der Waals surface area contributed by atoms with Crippen molar-refractivity contribution < 1.29 is 4.74 Å². The first-order chi connectivity index (χ1) is 6.62. The molecular formula is C12H25NO. The lowest BCUT2D eigenvalue weighted by Gasteiger charge is -2.23. The van der Waals surface area contributed by atoms with Gasteiger partial charge >= 0.3 is 0 Å². The van der Waals surface area contributed by atoms with Gasteiger partial charge in [0.25, 0.3) is 0 Å². The van der Waals surface area contributed by atoms with Crippen molar-refractivity contribution in [2.75, 3.05) is 13.2 Å². The lowest BCUT2D eigenvalue weighted by atomic mass is 10.0. The quantitative estimate of drug-likeness (QED) is 0.668. The van der Waals surface area contributed by atoms with E-state index in [-0.39, 0.29) is 5.54 Å². The van der Waals surface area contributed by atoms with Crippen LogP contribution in [-0.4, -0.2) is 18.8 Å². The zero-order valence-corrected chi connectivity index (χ0v) is 9.72. The highest BCUT2D eigenvalue weighted by molar-refractivity contribution is 4.88. The molecule has 2 N–H and O–H groups in total. The molecule has 1 fully saturated rings. The molecule has 0 aromatic rings. The van der Waals surface area contributed by atoms with Crippen LogP contribution in [-0.2, 0) is 4.74 Å². The molecule has 0 amide bonds. The number of nitrogens with two attached hydrogens (primary N) is 1. The number of rotatable bonds is 6. The maximum absolute atomic E-state index is 6.18. The van der Waals surface area contributed by atoms with E-state index >= 15 is 0 Å². The minimum absolute atomic E-state index is 0.0117. The maximum atomic E-state index is 6.18. The Bertz CT molecular complexity index is 150. The van der Waals surface area contributed by atoms with E-state index in [1.807, 2.05) is 0 Å². The highest BCUT2D eigenvalue weighted by atomic mass is 16.5. The fraction of sp³-hybridized carbons (Fsp3) is 1.00. The molecule has 0 radical (unpaired) electrons. The highest BCUT2D eigenvalue weighted by Crippen LogP contribution is 2.27. The van der Waals surface area contributed by atoms with E-state index in [0.717, 1.165) is 32.0 Å². The lowest BCUT2D eigenvalue weighted by molar-refractivity contribution is 0.0825. The van der Waals surface area contributed by atoms with Crippen LogP contribution in [0.2, 0.25) is 0 Å². The van der Waals surface area contributed by atoms with Crippen LogP contribution < -0.4 is 5.73 Å². The second-order valence-electron chi connectivity index (χ2n) is 5.16. The minimum atomic E-state index is 0.0117. The van der Waals surface area contributed by atoms with Gasteiger partial charge in [0.15, 0.2) is 0 Å². The Balaban J connectivity index is 1.98. The summed E-state index contributed by atoms with van der Waals surface area (Å²) in [4.78, 5) is 0. The summed E-state index contributed by atoms with van der Waals surface area (Å²) in [6.07, 6.45) is 7.30. The molecule has 0 aromatic carbocycles. The molecule has 2 heteroatoms. The fourth-order valence-corrected chi connectivity index (χ4v) is 2.09. The van der Waals surface area contributed by atoms with Crippen molar-refractivity contribution in [3.63, 3.8) is 0 Å². The van der Waals surface area contributed by atoms with Gasteiger partial charge in [0.2, 0.25) is 0 Å². The predicted molar refractivity (Wildman–Crippen MR) is 60.3 cm³/mol. The number of hydrogen-bond donors (Lipinski definition) is 1. The van der Waals surface area contributed by atoms with Crippen molar-refractivity contribution in [1.82, 2.24) is 0 Å². The minimum Gasteiger partial charge on any atom is -0.380 e. The Kier molecular flexibility index (Phi) is 4.90. The Hall–Kier alpha value is -0.0800. The molecule has 84 valence electrons. The van der Waals surface area contributed by atoms with E-state index in [9.17, 15) is 0 Å². The number of hydrogen-bond acceptors (Lipinski definition) is 2. The lowest BCUT2D eigenvalue weighted by Crippen LogP contribution is -2.41. The van der Waals surface area contributed by atoms with E-state index in [1.54, 1.807) is 0 Å². The molecule has 0 spiro atoms. The van der Waals surface area contributed by atoms with Crippen LogP contribution in [0.15, 0.2) is 0 Å². The van der Waals surface area contributed by atoms with Gasteiger partial charge in [-0.15, -0.1) is 0 Å². The van der Waals surface area contributed by atoms with Gasteiger partial charge < -0.3 is 10.5 Å². The largest absolute Gasteiger partial charge is 0.380 e. The molecule has 1 saturated carbocycles. The number of ether oxygens (including phenoxy) is 1. The summed E-state index contributed by atoms with van der Waals surface area (Å²) >= 11 is 0. The molecule has 14 heavy (non-hydrogen) atoms. The van der Waals surface area contributed by atoms with E-state index in [4.69, 9.17) is 10.5 Å². The van der Waals surface area contributed by atoms with Gasteiger partial charge in [-0.1, -0.05) is 26.7 Å². The van der Waals surface area contributed by atoms with Crippen LogP contribution in [0.1, 0.15) is 52.4 Å².